The molecule has 2 aliphatic rings. The highest BCUT2D eigenvalue weighted by Gasteiger charge is 2.36. The molecule has 0 aromatic carbocycles. The fraction of sp³-hybridized carbons (Fsp3) is 0.615. The standard InChI is InChI=1S/C13H18N6/c14-13-17-11-10(15-7-16-11)12(18-13)19-6-2-4-8-3-1-5-9(8)19/h7-9H,1-6H2,(H3,14,15,16,17,18). The van der Waals surface area contributed by atoms with Gasteiger partial charge in [0.1, 0.15) is 5.52 Å². The number of nitrogens with one attached hydrogen (secondary N) is 1. The van der Waals surface area contributed by atoms with Crippen molar-refractivity contribution in [2.75, 3.05) is 17.2 Å². The van der Waals surface area contributed by atoms with Gasteiger partial charge in [-0.05, 0) is 31.6 Å². The second kappa shape index (κ2) is 4.08. The zero-order valence-electron chi connectivity index (χ0n) is 10.8. The number of H-pyrrole nitrogens is 1. The Balaban J connectivity index is 1.82. The van der Waals surface area contributed by atoms with Crippen LogP contribution in [0.25, 0.3) is 11.2 Å². The lowest BCUT2D eigenvalue weighted by Crippen LogP contribution is -2.43. The van der Waals surface area contributed by atoms with Crippen molar-refractivity contribution in [1.29, 1.82) is 0 Å². The molecule has 6 heteroatoms. The summed E-state index contributed by atoms with van der Waals surface area (Å²) in [6.07, 6.45) is 8.21. The van der Waals surface area contributed by atoms with Crippen molar-refractivity contribution in [2.24, 2.45) is 5.92 Å². The van der Waals surface area contributed by atoms with Crippen molar-refractivity contribution in [3.8, 4) is 0 Å². The molecule has 0 amide bonds. The molecule has 6 nitrogen and oxygen atoms in total. The Morgan fingerprint density at radius 3 is 3.05 bits per heavy atom. The maximum absolute atomic E-state index is 5.82. The number of imidazole rings is 1. The number of aromatic amines is 1. The molecular formula is C13H18N6. The lowest BCUT2D eigenvalue weighted by atomic mass is 9.92. The van der Waals surface area contributed by atoms with Crippen LogP contribution in [0.3, 0.4) is 0 Å². The quantitative estimate of drug-likeness (QED) is 0.813. The number of rotatable bonds is 1. The number of fused-ring (bicyclic) bond motifs is 2. The number of aromatic nitrogens is 4. The van der Waals surface area contributed by atoms with Gasteiger partial charge in [0.05, 0.1) is 6.33 Å². The molecule has 1 saturated heterocycles. The lowest BCUT2D eigenvalue weighted by Gasteiger charge is -2.38. The Hall–Kier alpha value is -1.85. The van der Waals surface area contributed by atoms with Crippen LogP contribution in [-0.4, -0.2) is 32.5 Å². The van der Waals surface area contributed by atoms with E-state index in [1.165, 1.54) is 32.1 Å². The molecule has 1 aliphatic heterocycles. The van der Waals surface area contributed by atoms with Gasteiger partial charge in [-0.3, -0.25) is 0 Å². The highest BCUT2D eigenvalue weighted by atomic mass is 15.3. The topological polar surface area (TPSA) is 83.7 Å². The molecule has 2 aromatic heterocycles. The van der Waals surface area contributed by atoms with E-state index in [0.29, 0.717) is 17.6 Å². The van der Waals surface area contributed by atoms with Crippen molar-refractivity contribution < 1.29 is 0 Å². The summed E-state index contributed by atoms with van der Waals surface area (Å²) in [7, 11) is 0. The van der Waals surface area contributed by atoms with E-state index in [1.54, 1.807) is 6.33 Å². The number of nitrogens with zero attached hydrogens (tertiary/aromatic N) is 4. The van der Waals surface area contributed by atoms with Gasteiger partial charge in [0.25, 0.3) is 0 Å². The van der Waals surface area contributed by atoms with Crippen LogP contribution in [0, 0.1) is 5.92 Å². The third-order valence-corrected chi connectivity index (χ3v) is 4.55. The van der Waals surface area contributed by atoms with E-state index in [4.69, 9.17) is 5.73 Å². The normalized spacial score (nSPS) is 26.8. The maximum Gasteiger partial charge on any atom is 0.224 e. The molecule has 1 saturated carbocycles. The van der Waals surface area contributed by atoms with E-state index < -0.39 is 0 Å². The van der Waals surface area contributed by atoms with Gasteiger partial charge in [-0.2, -0.15) is 9.97 Å². The summed E-state index contributed by atoms with van der Waals surface area (Å²) < 4.78 is 0. The number of anilines is 2. The van der Waals surface area contributed by atoms with Gasteiger partial charge in [0.15, 0.2) is 11.5 Å². The molecule has 100 valence electrons. The molecule has 19 heavy (non-hydrogen) atoms. The predicted molar refractivity (Wildman–Crippen MR) is 73.8 cm³/mol. The number of nitrogen functional groups attached to an aromatic ring is 1. The Morgan fingerprint density at radius 2 is 2.11 bits per heavy atom. The maximum atomic E-state index is 5.82. The molecule has 4 rings (SSSR count). The molecule has 0 spiro atoms. The summed E-state index contributed by atoms with van der Waals surface area (Å²) in [4.78, 5) is 18.5. The molecule has 2 atom stereocenters. The largest absolute Gasteiger partial charge is 0.368 e. The summed E-state index contributed by atoms with van der Waals surface area (Å²) in [6, 6.07) is 0.620. The monoisotopic (exact) mass is 258 g/mol. The molecule has 2 aromatic rings. The molecule has 2 unspecified atom stereocenters. The van der Waals surface area contributed by atoms with Crippen LogP contribution >= 0.6 is 0 Å². The fourth-order valence-corrected chi connectivity index (χ4v) is 3.76. The first kappa shape index (κ1) is 11.0. The van der Waals surface area contributed by atoms with E-state index in [0.717, 1.165) is 23.8 Å². The van der Waals surface area contributed by atoms with Crippen molar-refractivity contribution in [3.63, 3.8) is 0 Å². The second-order valence-corrected chi connectivity index (χ2v) is 5.60. The van der Waals surface area contributed by atoms with Gasteiger partial charge in [0.2, 0.25) is 5.95 Å². The van der Waals surface area contributed by atoms with Gasteiger partial charge in [-0.15, -0.1) is 0 Å². The molecule has 3 N–H and O–H groups in total. The van der Waals surface area contributed by atoms with Gasteiger partial charge < -0.3 is 15.6 Å². The highest BCUT2D eigenvalue weighted by Crippen LogP contribution is 2.39. The Morgan fingerprint density at radius 1 is 1.21 bits per heavy atom. The highest BCUT2D eigenvalue weighted by molar-refractivity contribution is 5.84. The Labute approximate surface area is 111 Å². The number of nitrogens with two attached hydrogens (primary N) is 1. The second-order valence-electron chi connectivity index (χ2n) is 5.60. The van der Waals surface area contributed by atoms with Crippen molar-refractivity contribution in [3.05, 3.63) is 6.33 Å². The predicted octanol–water partition coefficient (Wildman–Crippen LogP) is 1.70. The summed E-state index contributed by atoms with van der Waals surface area (Å²) in [5.41, 5.74) is 7.41. The molecule has 1 aliphatic carbocycles. The SMILES string of the molecule is Nc1nc(N2CCCC3CCCC32)c2[nH]cnc2n1. The summed E-state index contributed by atoms with van der Waals surface area (Å²) in [6.45, 7) is 1.06. The molecular weight excluding hydrogens is 240 g/mol. The minimum Gasteiger partial charge on any atom is -0.368 e. The zero-order valence-corrected chi connectivity index (χ0v) is 10.8. The van der Waals surface area contributed by atoms with Gasteiger partial charge in [-0.1, -0.05) is 6.42 Å². The van der Waals surface area contributed by atoms with Crippen molar-refractivity contribution >= 4 is 22.9 Å². The van der Waals surface area contributed by atoms with Gasteiger partial charge >= 0.3 is 0 Å². The van der Waals surface area contributed by atoms with Crippen LogP contribution in [0.1, 0.15) is 32.1 Å². The van der Waals surface area contributed by atoms with Crippen LogP contribution in [0.2, 0.25) is 0 Å². The van der Waals surface area contributed by atoms with Crippen molar-refractivity contribution in [1.82, 2.24) is 19.9 Å². The number of hydrogen-bond acceptors (Lipinski definition) is 5. The summed E-state index contributed by atoms with van der Waals surface area (Å²) >= 11 is 0. The minimum absolute atomic E-state index is 0.315. The van der Waals surface area contributed by atoms with Crippen molar-refractivity contribution in [2.45, 2.75) is 38.1 Å². The number of piperidine rings is 1. The van der Waals surface area contributed by atoms with E-state index in [-0.39, 0.29) is 0 Å². The van der Waals surface area contributed by atoms with E-state index >= 15 is 0 Å². The first-order chi connectivity index (χ1) is 9.33. The third kappa shape index (κ3) is 1.66. The average molecular weight is 258 g/mol. The summed E-state index contributed by atoms with van der Waals surface area (Å²) in [5.74, 6) is 2.08. The lowest BCUT2D eigenvalue weighted by molar-refractivity contribution is 0.361. The molecule has 0 radical (unpaired) electrons. The van der Waals surface area contributed by atoms with E-state index in [1.807, 2.05) is 0 Å². The van der Waals surface area contributed by atoms with E-state index in [2.05, 4.69) is 24.8 Å². The third-order valence-electron chi connectivity index (χ3n) is 4.55. The Bertz CT molecular complexity index is 606. The summed E-state index contributed by atoms with van der Waals surface area (Å²) in [5, 5.41) is 0. The minimum atomic E-state index is 0.315. The average Bonchev–Trinajstić information content (AvgIpc) is 3.04. The first-order valence-corrected chi connectivity index (χ1v) is 7.06. The number of hydrogen-bond donors (Lipinski definition) is 2. The van der Waals surface area contributed by atoms with Crippen LogP contribution < -0.4 is 10.6 Å². The Kier molecular flexibility index (Phi) is 2.36. The molecule has 2 fully saturated rings. The van der Waals surface area contributed by atoms with Gasteiger partial charge in [0, 0.05) is 12.6 Å². The first-order valence-electron chi connectivity index (χ1n) is 7.06. The van der Waals surface area contributed by atoms with Crippen LogP contribution in [0.15, 0.2) is 6.33 Å². The molecule has 0 bridgehead atoms. The van der Waals surface area contributed by atoms with Crippen LogP contribution in [0.5, 0.6) is 0 Å². The smallest absolute Gasteiger partial charge is 0.224 e. The van der Waals surface area contributed by atoms with E-state index in [9.17, 15) is 0 Å². The van der Waals surface area contributed by atoms with Crippen LogP contribution in [-0.2, 0) is 0 Å². The van der Waals surface area contributed by atoms with Gasteiger partial charge in [-0.25, -0.2) is 4.98 Å². The zero-order chi connectivity index (χ0) is 12.8. The van der Waals surface area contributed by atoms with Crippen LogP contribution in [0.4, 0.5) is 11.8 Å². The molecule has 3 heterocycles. The fourth-order valence-electron chi connectivity index (χ4n) is 3.76.